The highest BCUT2D eigenvalue weighted by atomic mass is 16.5. The Hall–Kier alpha value is -2.46. The Balaban J connectivity index is 1.79. The third-order valence-electron chi connectivity index (χ3n) is 3.19. The van der Waals surface area contributed by atoms with E-state index in [2.05, 4.69) is 0 Å². The number of ether oxygens (including phenoxy) is 1. The van der Waals surface area contributed by atoms with Gasteiger partial charge in [0.1, 0.15) is 23.7 Å². The van der Waals surface area contributed by atoms with E-state index in [1.165, 1.54) is 0 Å². The summed E-state index contributed by atoms with van der Waals surface area (Å²) in [4.78, 5) is 0. The summed E-state index contributed by atoms with van der Waals surface area (Å²) in [6.07, 6.45) is 1.70. The van der Waals surface area contributed by atoms with Gasteiger partial charge >= 0.3 is 0 Å². The first-order valence-electron chi connectivity index (χ1n) is 6.37. The van der Waals surface area contributed by atoms with Gasteiger partial charge in [0, 0.05) is 17.5 Å². The minimum Gasteiger partial charge on any atom is -0.508 e. The zero-order chi connectivity index (χ0) is 13.9. The van der Waals surface area contributed by atoms with E-state index in [0.717, 1.165) is 22.1 Å². The highest BCUT2D eigenvalue weighted by Gasteiger charge is 2.07. The van der Waals surface area contributed by atoms with Gasteiger partial charge in [-0.25, -0.2) is 0 Å². The molecule has 0 fully saturated rings. The van der Waals surface area contributed by atoms with Gasteiger partial charge in [0.15, 0.2) is 0 Å². The molecular formula is C16H15NO3. The molecule has 0 aliphatic heterocycles. The molecule has 0 unspecified atom stereocenters. The molecule has 1 heterocycles. The maximum absolute atomic E-state index is 9.22. The molecule has 3 rings (SSSR count). The molecular weight excluding hydrogens is 254 g/mol. The van der Waals surface area contributed by atoms with Crippen LogP contribution in [0.5, 0.6) is 11.5 Å². The Kier molecular flexibility index (Phi) is 3.31. The second-order valence-electron chi connectivity index (χ2n) is 4.58. The molecule has 0 aliphatic rings. The first-order valence-corrected chi connectivity index (χ1v) is 6.37. The number of furan rings is 1. The van der Waals surface area contributed by atoms with Crippen LogP contribution in [-0.4, -0.2) is 5.11 Å². The minimum absolute atomic E-state index is 0.223. The number of nitrogens with two attached hydrogens (primary N) is 1. The van der Waals surface area contributed by atoms with Gasteiger partial charge in [-0.2, -0.15) is 0 Å². The first kappa shape index (κ1) is 12.6. The lowest BCUT2D eigenvalue weighted by Gasteiger charge is -2.05. The van der Waals surface area contributed by atoms with Gasteiger partial charge in [0.05, 0.1) is 6.26 Å². The maximum atomic E-state index is 9.22. The Morgan fingerprint density at radius 1 is 1.10 bits per heavy atom. The number of phenols is 1. The Bertz CT molecular complexity index is 716. The average molecular weight is 269 g/mol. The van der Waals surface area contributed by atoms with E-state index < -0.39 is 0 Å². The number of rotatable bonds is 4. The number of benzene rings is 2. The van der Waals surface area contributed by atoms with Gasteiger partial charge in [-0.3, -0.25) is 0 Å². The molecule has 0 spiro atoms. The summed E-state index contributed by atoms with van der Waals surface area (Å²) in [7, 11) is 0. The molecule has 4 nitrogen and oxygen atoms in total. The zero-order valence-electron chi connectivity index (χ0n) is 10.9. The van der Waals surface area contributed by atoms with Crippen LogP contribution in [-0.2, 0) is 13.2 Å². The second kappa shape index (κ2) is 5.27. The largest absolute Gasteiger partial charge is 0.508 e. The quantitative estimate of drug-likeness (QED) is 0.763. The van der Waals surface area contributed by atoms with Gasteiger partial charge in [0.25, 0.3) is 0 Å². The Labute approximate surface area is 116 Å². The van der Waals surface area contributed by atoms with Gasteiger partial charge < -0.3 is 20.0 Å². The first-order chi connectivity index (χ1) is 9.76. The van der Waals surface area contributed by atoms with E-state index in [-0.39, 0.29) is 5.75 Å². The summed E-state index contributed by atoms with van der Waals surface area (Å²) >= 11 is 0. The number of phenolic OH excluding ortho intramolecular Hbond substituents is 1. The van der Waals surface area contributed by atoms with Crippen molar-refractivity contribution < 1.29 is 14.3 Å². The van der Waals surface area contributed by atoms with Crippen molar-refractivity contribution in [3.05, 3.63) is 59.9 Å². The topological polar surface area (TPSA) is 68.6 Å². The van der Waals surface area contributed by atoms with E-state index in [1.807, 2.05) is 18.2 Å². The summed E-state index contributed by atoms with van der Waals surface area (Å²) in [5.74, 6) is 0.927. The Morgan fingerprint density at radius 2 is 1.90 bits per heavy atom. The van der Waals surface area contributed by atoms with Crippen LogP contribution in [0, 0.1) is 0 Å². The number of hydrogen-bond donors (Lipinski definition) is 2. The summed E-state index contributed by atoms with van der Waals surface area (Å²) < 4.78 is 11.2. The molecule has 0 saturated heterocycles. The van der Waals surface area contributed by atoms with Crippen molar-refractivity contribution in [1.82, 2.24) is 0 Å². The fourth-order valence-electron chi connectivity index (χ4n) is 2.07. The number of hydrogen-bond acceptors (Lipinski definition) is 4. The van der Waals surface area contributed by atoms with Crippen molar-refractivity contribution in [2.75, 3.05) is 0 Å². The van der Waals surface area contributed by atoms with Crippen LogP contribution in [0.25, 0.3) is 11.0 Å². The van der Waals surface area contributed by atoms with Crippen LogP contribution < -0.4 is 10.5 Å². The van der Waals surface area contributed by atoms with Crippen LogP contribution in [0.2, 0.25) is 0 Å². The summed E-state index contributed by atoms with van der Waals surface area (Å²) in [5, 5.41) is 10.2. The lowest BCUT2D eigenvalue weighted by molar-refractivity contribution is 0.305. The van der Waals surface area contributed by atoms with E-state index in [9.17, 15) is 5.11 Å². The molecule has 0 radical (unpaired) electrons. The number of fused-ring (bicyclic) bond motifs is 1. The van der Waals surface area contributed by atoms with Crippen LogP contribution in [0.15, 0.2) is 53.1 Å². The predicted molar refractivity (Wildman–Crippen MR) is 76.5 cm³/mol. The molecule has 102 valence electrons. The summed E-state index contributed by atoms with van der Waals surface area (Å²) in [6, 6.07) is 12.6. The fraction of sp³-hybridized carbons (Fsp3) is 0.125. The summed E-state index contributed by atoms with van der Waals surface area (Å²) in [6.45, 7) is 0.912. The highest BCUT2D eigenvalue weighted by Crippen LogP contribution is 2.24. The van der Waals surface area contributed by atoms with Crippen LogP contribution in [0.4, 0.5) is 0 Å². The van der Waals surface area contributed by atoms with Gasteiger partial charge in [0.2, 0.25) is 0 Å². The van der Waals surface area contributed by atoms with Crippen molar-refractivity contribution in [2.45, 2.75) is 13.2 Å². The second-order valence-corrected chi connectivity index (χ2v) is 4.58. The molecule has 3 aromatic rings. The fourth-order valence-corrected chi connectivity index (χ4v) is 2.07. The van der Waals surface area contributed by atoms with Gasteiger partial charge in [-0.15, -0.1) is 0 Å². The van der Waals surface area contributed by atoms with Crippen molar-refractivity contribution in [2.24, 2.45) is 5.73 Å². The lowest BCUT2D eigenvalue weighted by Crippen LogP contribution is -1.96. The molecule has 0 aliphatic carbocycles. The predicted octanol–water partition coefficient (Wildman–Crippen LogP) is 3.18. The van der Waals surface area contributed by atoms with Crippen molar-refractivity contribution in [1.29, 1.82) is 0 Å². The van der Waals surface area contributed by atoms with Crippen molar-refractivity contribution in [3.63, 3.8) is 0 Å². The van der Waals surface area contributed by atoms with E-state index in [4.69, 9.17) is 14.9 Å². The maximum Gasteiger partial charge on any atom is 0.134 e. The van der Waals surface area contributed by atoms with Crippen molar-refractivity contribution >= 4 is 11.0 Å². The Morgan fingerprint density at radius 3 is 2.65 bits per heavy atom. The molecule has 3 N–H and O–H groups in total. The summed E-state index contributed by atoms with van der Waals surface area (Å²) in [5.41, 5.74) is 8.45. The molecule has 1 aromatic heterocycles. The van der Waals surface area contributed by atoms with Crippen LogP contribution in [0.3, 0.4) is 0 Å². The van der Waals surface area contributed by atoms with Crippen LogP contribution in [0.1, 0.15) is 11.1 Å². The van der Waals surface area contributed by atoms with E-state index in [1.54, 1.807) is 30.5 Å². The van der Waals surface area contributed by atoms with Gasteiger partial charge in [-0.1, -0.05) is 12.1 Å². The molecule has 0 saturated carbocycles. The lowest BCUT2D eigenvalue weighted by atomic mass is 10.1. The van der Waals surface area contributed by atoms with Crippen molar-refractivity contribution in [3.8, 4) is 11.5 Å². The molecule has 0 bridgehead atoms. The number of aromatic hydroxyl groups is 1. The monoisotopic (exact) mass is 269 g/mol. The highest BCUT2D eigenvalue weighted by molar-refractivity contribution is 5.81. The third-order valence-corrected chi connectivity index (χ3v) is 3.19. The minimum atomic E-state index is 0.223. The van der Waals surface area contributed by atoms with Gasteiger partial charge in [-0.05, 0) is 35.9 Å². The normalized spacial score (nSPS) is 10.8. The van der Waals surface area contributed by atoms with E-state index >= 15 is 0 Å². The average Bonchev–Trinajstić information content (AvgIpc) is 2.89. The molecule has 2 aromatic carbocycles. The third kappa shape index (κ3) is 2.46. The molecule has 4 heteroatoms. The zero-order valence-corrected chi connectivity index (χ0v) is 10.9. The molecule has 0 atom stereocenters. The van der Waals surface area contributed by atoms with E-state index in [0.29, 0.717) is 18.9 Å². The van der Waals surface area contributed by atoms with Crippen LogP contribution >= 0.6 is 0 Å². The SMILES string of the molecule is NCc1ccc2c(COc3ccc(O)cc3)coc2c1. The standard InChI is InChI=1S/C16H15NO3/c17-8-11-1-6-15-12(10-20-16(15)7-11)9-19-14-4-2-13(18)3-5-14/h1-7,10,18H,8-9,17H2. The smallest absolute Gasteiger partial charge is 0.134 e. The molecule has 20 heavy (non-hydrogen) atoms. The molecule has 0 amide bonds.